The number of fused-ring (bicyclic) bond motifs is 1. The average Bonchev–Trinajstić information content (AvgIpc) is 2.91. The minimum absolute atomic E-state index is 0.212. The van der Waals surface area contributed by atoms with Crippen LogP contribution in [0.5, 0.6) is 0 Å². The topological polar surface area (TPSA) is 63.2 Å². The second-order valence-electron chi connectivity index (χ2n) is 11.5. The van der Waals surface area contributed by atoms with Crippen LogP contribution in [0.15, 0.2) is 72.8 Å². The molecular formula is C33H44O6. The molecule has 0 amide bonds. The third kappa shape index (κ3) is 7.37. The van der Waals surface area contributed by atoms with Crippen LogP contribution in [0.3, 0.4) is 0 Å². The van der Waals surface area contributed by atoms with Crippen molar-refractivity contribution < 1.29 is 28.5 Å². The second-order valence-corrected chi connectivity index (χ2v) is 11.5. The average molecular weight is 537 g/mol. The van der Waals surface area contributed by atoms with E-state index in [0.717, 1.165) is 11.1 Å². The van der Waals surface area contributed by atoms with E-state index in [2.05, 4.69) is 44.2 Å². The summed E-state index contributed by atoms with van der Waals surface area (Å²) in [5.74, 6) is -0.309. The van der Waals surface area contributed by atoms with Crippen molar-refractivity contribution in [2.45, 2.75) is 109 Å². The van der Waals surface area contributed by atoms with E-state index >= 15 is 0 Å². The van der Waals surface area contributed by atoms with Crippen LogP contribution >= 0.6 is 0 Å². The fraction of sp³-hybridized carbons (Fsp3) is 0.545. The first kappa shape index (κ1) is 29.5. The minimum atomic E-state index is -0.663. The molecule has 0 aliphatic carbocycles. The first-order valence-corrected chi connectivity index (χ1v) is 14.1. The molecule has 4 rings (SSSR count). The third-order valence-electron chi connectivity index (χ3n) is 8.16. The molecule has 39 heavy (non-hydrogen) atoms. The number of hydrogen-bond donors (Lipinski definition) is 0. The van der Waals surface area contributed by atoms with Gasteiger partial charge in [0.25, 0.3) is 0 Å². The van der Waals surface area contributed by atoms with Crippen molar-refractivity contribution in [1.82, 2.24) is 0 Å². The van der Waals surface area contributed by atoms with Gasteiger partial charge < -0.3 is 23.7 Å². The lowest BCUT2D eigenvalue weighted by atomic mass is 9.73. The molecule has 0 spiro atoms. The summed E-state index contributed by atoms with van der Waals surface area (Å²) in [6, 6.07) is 20.4. The maximum Gasteiger partial charge on any atom is 0.303 e. The Bertz CT molecular complexity index is 1090. The number of benzene rings is 2. The number of hydrogen-bond acceptors (Lipinski definition) is 6. The van der Waals surface area contributed by atoms with Crippen molar-refractivity contribution in [3.63, 3.8) is 0 Å². The van der Waals surface area contributed by atoms with Crippen molar-refractivity contribution in [2.75, 3.05) is 6.61 Å². The maximum atomic E-state index is 12.0. The molecule has 2 aromatic rings. The van der Waals surface area contributed by atoms with E-state index in [1.807, 2.05) is 56.3 Å². The van der Waals surface area contributed by atoms with Gasteiger partial charge in [0.05, 0.1) is 36.6 Å². The normalized spacial score (nSPS) is 32.6. The first-order chi connectivity index (χ1) is 18.7. The van der Waals surface area contributed by atoms with Gasteiger partial charge in [-0.2, -0.15) is 0 Å². The zero-order chi connectivity index (χ0) is 27.9. The quantitative estimate of drug-likeness (QED) is 0.184. The van der Waals surface area contributed by atoms with Gasteiger partial charge in [0.15, 0.2) is 0 Å². The Morgan fingerprint density at radius 3 is 2.21 bits per heavy atom. The summed E-state index contributed by atoms with van der Waals surface area (Å²) in [6.07, 6.45) is 5.74. The van der Waals surface area contributed by atoms with Crippen LogP contribution in [-0.2, 0) is 41.7 Å². The van der Waals surface area contributed by atoms with Crippen molar-refractivity contribution >= 4 is 5.97 Å². The molecule has 0 aromatic heterocycles. The van der Waals surface area contributed by atoms with Crippen molar-refractivity contribution in [3.05, 3.63) is 83.9 Å². The Hall–Kier alpha value is -2.51. The third-order valence-corrected chi connectivity index (χ3v) is 8.16. The van der Waals surface area contributed by atoms with Gasteiger partial charge in [-0.05, 0) is 45.2 Å². The smallest absolute Gasteiger partial charge is 0.303 e. The summed E-state index contributed by atoms with van der Waals surface area (Å²) in [5, 5.41) is 0. The monoisotopic (exact) mass is 536 g/mol. The maximum absolute atomic E-state index is 12.0. The summed E-state index contributed by atoms with van der Waals surface area (Å²) >= 11 is 0. The van der Waals surface area contributed by atoms with E-state index in [1.165, 1.54) is 6.92 Å². The van der Waals surface area contributed by atoms with Gasteiger partial charge in [-0.3, -0.25) is 4.79 Å². The Labute approximate surface area is 233 Å². The van der Waals surface area contributed by atoms with Gasteiger partial charge in [0, 0.05) is 32.8 Å². The summed E-state index contributed by atoms with van der Waals surface area (Å²) in [6.45, 7) is 11.3. The zero-order valence-corrected chi connectivity index (χ0v) is 24.1. The van der Waals surface area contributed by atoms with Crippen LogP contribution < -0.4 is 0 Å². The standard InChI is InChI=1S/C33H44O6/c1-6-7-18-32(4)28(37-25(2)34)21-29-33(5,39-32)22-30(36-24-27-16-12-9-13-17-27)31(3,38-29)19-20-35-23-26-14-10-8-11-15-26/h6-17,28-30H,18-24H2,1-5H3/b7-6-/t28-,29+,30+,31-,32+,33-/m1/s1. The van der Waals surface area contributed by atoms with Gasteiger partial charge in [0.1, 0.15) is 11.7 Å². The van der Waals surface area contributed by atoms with Gasteiger partial charge in [0.2, 0.25) is 0 Å². The van der Waals surface area contributed by atoms with Crippen LogP contribution in [0.25, 0.3) is 0 Å². The van der Waals surface area contributed by atoms with Crippen LogP contribution in [-0.4, -0.2) is 47.7 Å². The summed E-state index contributed by atoms with van der Waals surface area (Å²) in [4.78, 5) is 12.0. The minimum Gasteiger partial charge on any atom is -0.459 e. The van der Waals surface area contributed by atoms with E-state index in [0.29, 0.717) is 45.5 Å². The molecule has 0 N–H and O–H groups in total. The fourth-order valence-electron chi connectivity index (χ4n) is 5.85. The van der Waals surface area contributed by atoms with E-state index < -0.39 is 22.9 Å². The van der Waals surface area contributed by atoms with Crippen LogP contribution in [0.4, 0.5) is 0 Å². The second kappa shape index (κ2) is 12.8. The first-order valence-electron chi connectivity index (χ1n) is 14.1. The molecule has 0 bridgehead atoms. The van der Waals surface area contributed by atoms with Gasteiger partial charge in [-0.1, -0.05) is 72.8 Å². The SMILES string of the molecule is C/C=C\C[C@]1(C)O[C@]2(C)C[C@H](OCc3ccccc3)[C@@](C)(CCOCc3ccccc3)O[C@H]2C[C@H]1OC(C)=O. The van der Waals surface area contributed by atoms with Gasteiger partial charge in [-0.25, -0.2) is 0 Å². The lowest BCUT2D eigenvalue weighted by Gasteiger charge is -2.59. The zero-order valence-electron chi connectivity index (χ0n) is 24.1. The van der Waals surface area contributed by atoms with E-state index in [-0.39, 0.29) is 18.2 Å². The molecule has 2 aliphatic heterocycles. The number of allylic oxidation sites excluding steroid dienone is 1. The summed E-state index contributed by atoms with van der Waals surface area (Å²) in [5.41, 5.74) is 0.394. The van der Waals surface area contributed by atoms with Crippen molar-refractivity contribution in [2.24, 2.45) is 0 Å². The number of esters is 1. The Kier molecular flexibility index (Phi) is 9.65. The highest BCUT2D eigenvalue weighted by molar-refractivity contribution is 5.66. The summed E-state index contributed by atoms with van der Waals surface area (Å²) in [7, 11) is 0. The largest absolute Gasteiger partial charge is 0.459 e. The highest BCUT2D eigenvalue weighted by Crippen LogP contribution is 2.50. The van der Waals surface area contributed by atoms with Crippen molar-refractivity contribution in [1.29, 1.82) is 0 Å². The molecule has 6 atom stereocenters. The van der Waals surface area contributed by atoms with Gasteiger partial charge in [-0.15, -0.1) is 0 Å². The molecule has 0 unspecified atom stereocenters. The van der Waals surface area contributed by atoms with Crippen molar-refractivity contribution in [3.8, 4) is 0 Å². The molecule has 212 valence electrons. The molecule has 2 heterocycles. The van der Waals surface area contributed by atoms with Crippen LogP contribution in [0.2, 0.25) is 0 Å². The molecule has 2 aliphatic rings. The van der Waals surface area contributed by atoms with E-state index in [4.69, 9.17) is 23.7 Å². The van der Waals surface area contributed by atoms with Gasteiger partial charge >= 0.3 is 5.97 Å². The molecule has 6 heteroatoms. The van der Waals surface area contributed by atoms with Crippen LogP contribution in [0, 0.1) is 0 Å². The molecule has 0 radical (unpaired) electrons. The van der Waals surface area contributed by atoms with Crippen LogP contribution in [0.1, 0.15) is 71.4 Å². The summed E-state index contributed by atoms with van der Waals surface area (Å²) < 4.78 is 32.3. The highest BCUT2D eigenvalue weighted by atomic mass is 16.6. The molecule has 2 saturated heterocycles. The van der Waals surface area contributed by atoms with E-state index in [9.17, 15) is 4.79 Å². The predicted molar refractivity (Wildman–Crippen MR) is 151 cm³/mol. The van der Waals surface area contributed by atoms with E-state index in [1.54, 1.807) is 0 Å². The Morgan fingerprint density at radius 1 is 0.949 bits per heavy atom. The highest BCUT2D eigenvalue weighted by Gasteiger charge is 2.60. The predicted octanol–water partition coefficient (Wildman–Crippen LogP) is 6.56. The number of carbonyl (C=O) groups excluding carboxylic acids is 1. The Balaban J connectivity index is 1.53. The Morgan fingerprint density at radius 2 is 1.59 bits per heavy atom. The molecular weight excluding hydrogens is 492 g/mol. The molecule has 2 aromatic carbocycles. The number of ether oxygens (including phenoxy) is 5. The lowest BCUT2D eigenvalue weighted by molar-refractivity contribution is -0.339. The number of carbonyl (C=O) groups is 1. The molecule has 6 nitrogen and oxygen atoms in total. The lowest BCUT2D eigenvalue weighted by Crippen LogP contribution is -2.69. The molecule has 0 saturated carbocycles. The molecule has 2 fully saturated rings. The number of rotatable bonds is 11. The fourth-order valence-corrected chi connectivity index (χ4v) is 5.85.